The summed E-state index contributed by atoms with van der Waals surface area (Å²) in [5.41, 5.74) is 0. The summed E-state index contributed by atoms with van der Waals surface area (Å²) in [5.74, 6) is 1.05. The summed E-state index contributed by atoms with van der Waals surface area (Å²) in [6.07, 6.45) is 12.9. The van der Waals surface area contributed by atoms with E-state index < -0.39 is 0 Å². The van der Waals surface area contributed by atoms with E-state index in [2.05, 4.69) is 26.4 Å². The molecule has 2 amide bonds. The van der Waals surface area contributed by atoms with Crippen LogP contribution in [0, 0.1) is 6.92 Å². The number of amides is 2. The number of nitrogens with one attached hydrogen (secondary N) is 2. The fourth-order valence-electron chi connectivity index (χ4n) is 3.01. The molecule has 1 fully saturated rings. The van der Waals surface area contributed by atoms with Crippen molar-refractivity contribution in [1.82, 2.24) is 20.2 Å². The molecule has 0 aromatic carbocycles. The van der Waals surface area contributed by atoms with Crippen molar-refractivity contribution in [1.29, 1.82) is 0 Å². The van der Waals surface area contributed by atoms with Crippen molar-refractivity contribution in [2.45, 2.75) is 63.3 Å². The lowest BCUT2D eigenvalue weighted by Gasteiger charge is -2.30. The largest absolute Gasteiger partial charge is 0.338 e. The maximum absolute atomic E-state index is 12.0. The molecule has 0 saturated heterocycles. The quantitative estimate of drug-likeness (QED) is 0.758. The number of unbranched alkanes of at least 4 members (excludes halogenated alkanes) is 1. The van der Waals surface area contributed by atoms with E-state index in [1.54, 1.807) is 0 Å². The van der Waals surface area contributed by atoms with Crippen molar-refractivity contribution in [3.63, 3.8) is 0 Å². The van der Waals surface area contributed by atoms with E-state index in [4.69, 9.17) is 0 Å². The Morgan fingerprint density at radius 2 is 2.23 bits per heavy atom. The average Bonchev–Trinajstić information content (AvgIpc) is 2.93. The fraction of sp³-hybridized carbons (Fsp3) is 0.750. The Kier molecular flexibility index (Phi) is 7.09. The molecule has 2 rings (SSSR count). The lowest BCUT2D eigenvalue weighted by molar-refractivity contribution is 0.233. The Balaban J connectivity index is 1.58. The minimum atomic E-state index is -0.00948. The molecule has 1 aromatic rings. The number of carbonyl (C=O) groups is 1. The molecule has 0 aliphatic heterocycles. The smallest absolute Gasteiger partial charge is 0.315 e. The fourth-order valence-corrected chi connectivity index (χ4v) is 3.95. The Morgan fingerprint density at radius 1 is 1.41 bits per heavy atom. The van der Waals surface area contributed by atoms with Gasteiger partial charge in [0.05, 0.1) is 0 Å². The summed E-state index contributed by atoms with van der Waals surface area (Å²) in [7, 11) is 0. The highest BCUT2D eigenvalue weighted by molar-refractivity contribution is 7.99. The summed E-state index contributed by atoms with van der Waals surface area (Å²) >= 11 is 1.88. The molecule has 6 heteroatoms. The molecule has 1 saturated carbocycles. The third kappa shape index (κ3) is 5.23. The molecule has 1 aliphatic carbocycles. The van der Waals surface area contributed by atoms with E-state index >= 15 is 0 Å². The van der Waals surface area contributed by atoms with Crippen LogP contribution in [0.2, 0.25) is 0 Å². The van der Waals surface area contributed by atoms with Crippen molar-refractivity contribution in [3.8, 4) is 0 Å². The lowest BCUT2D eigenvalue weighted by atomic mass is 9.95. The first-order valence-corrected chi connectivity index (χ1v) is 9.54. The molecule has 1 heterocycles. The zero-order valence-electron chi connectivity index (χ0n) is 13.7. The molecule has 2 N–H and O–H groups in total. The first kappa shape index (κ1) is 17.2. The van der Waals surface area contributed by atoms with Gasteiger partial charge in [0, 0.05) is 36.8 Å². The molecule has 5 nitrogen and oxygen atoms in total. The van der Waals surface area contributed by atoms with Gasteiger partial charge in [-0.1, -0.05) is 12.8 Å². The highest BCUT2D eigenvalue weighted by Crippen LogP contribution is 2.26. The van der Waals surface area contributed by atoms with E-state index in [0.717, 1.165) is 38.2 Å². The van der Waals surface area contributed by atoms with Crippen LogP contribution in [0.15, 0.2) is 12.4 Å². The van der Waals surface area contributed by atoms with Gasteiger partial charge in [-0.05, 0) is 38.9 Å². The second-order valence-corrected chi connectivity index (χ2v) is 7.02. The van der Waals surface area contributed by atoms with Crippen molar-refractivity contribution >= 4 is 17.8 Å². The molecule has 124 valence electrons. The average molecular weight is 324 g/mol. The molecule has 22 heavy (non-hydrogen) atoms. The Bertz CT molecular complexity index is 463. The van der Waals surface area contributed by atoms with Crippen LogP contribution in [0.4, 0.5) is 4.79 Å². The highest BCUT2D eigenvalue weighted by Gasteiger charge is 2.25. The van der Waals surface area contributed by atoms with Crippen LogP contribution >= 0.6 is 11.8 Å². The Morgan fingerprint density at radius 3 is 2.95 bits per heavy atom. The Labute approximate surface area is 137 Å². The number of thioether (sulfide) groups is 1. The summed E-state index contributed by atoms with van der Waals surface area (Å²) in [5, 5.41) is 6.71. The van der Waals surface area contributed by atoms with E-state index in [1.165, 1.54) is 19.3 Å². The van der Waals surface area contributed by atoms with Gasteiger partial charge in [-0.2, -0.15) is 11.8 Å². The molecular formula is C16H28N4OS. The first-order valence-electron chi connectivity index (χ1n) is 8.25. The van der Waals surface area contributed by atoms with Crippen molar-refractivity contribution in [2.24, 2.45) is 0 Å². The number of rotatable bonds is 7. The zero-order valence-corrected chi connectivity index (χ0v) is 14.5. The maximum Gasteiger partial charge on any atom is 0.315 e. The first-order chi connectivity index (χ1) is 10.7. The Hall–Kier alpha value is -1.17. The van der Waals surface area contributed by atoms with E-state index in [0.29, 0.717) is 11.3 Å². The van der Waals surface area contributed by atoms with Gasteiger partial charge in [-0.25, -0.2) is 9.78 Å². The van der Waals surface area contributed by atoms with E-state index in [9.17, 15) is 4.79 Å². The number of aromatic nitrogens is 2. The summed E-state index contributed by atoms with van der Waals surface area (Å²) in [4.78, 5) is 16.2. The summed E-state index contributed by atoms with van der Waals surface area (Å²) in [6.45, 7) is 3.71. The third-order valence-electron chi connectivity index (χ3n) is 4.36. The second kappa shape index (κ2) is 9.08. The van der Waals surface area contributed by atoms with Gasteiger partial charge in [0.25, 0.3) is 0 Å². The van der Waals surface area contributed by atoms with Crippen LogP contribution in [-0.4, -0.2) is 39.7 Å². The van der Waals surface area contributed by atoms with Crippen LogP contribution in [0.3, 0.4) is 0 Å². The minimum absolute atomic E-state index is 0.00948. The van der Waals surface area contributed by atoms with Crippen LogP contribution in [0.5, 0.6) is 0 Å². The number of carbonyl (C=O) groups excluding carboxylic acids is 1. The molecular weight excluding hydrogens is 296 g/mol. The number of hydrogen-bond donors (Lipinski definition) is 2. The topological polar surface area (TPSA) is 59.0 Å². The van der Waals surface area contributed by atoms with Gasteiger partial charge < -0.3 is 15.2 Å². The maximum atomic E-state index is 12.0. The second-order valence-electron chi connectivity index (χ2n) is 5.94. The monoisotopic (exact) mass is 324 g/mol. The van der Waals surface area contributed by atoms with Crippen LogP contribution in [0.1, 0.15) is 44.3 Å². The minimum Gasteiger partial charge on any atom is -0.338 e. The molecule has 2 atom stereocenters. The van der Waals surface area contributed by atoms with Gasteiger partial charge in [-0.15, -0.1) is 0 Å². The van der Waals surface area contributed by atoms with Gasteiger partial charge >= 0.3 is 6.03 Å². The molecule has 0 bridgehead atoms. The number of imidazole rings is 1. The van der Waals surface area contributed by atoms with E-state index in [1.807, 2.05) is 31.1 Å². The molecule has 0 radical (unpaired) electrons. The predicted molar refractivity (Wildman–Crippen MR) is 92.3 cm³/mol. The van der Waals surface area contributed by atoms with Crippen LogP contribution in [-0.2, 0) is 6.54 Å². The lowest BCUT2D eigenvalue weighted by Crippen LogP contribution is -2.48. The number of aryl methyl sites for hydroxylation is 2. The van der Waals surface area contributed by atoms with Crippen molar-refractivity contribution in [2.75, 3.05) is 12.8 Å². The third-order valence-corrected chi connectivity index (χ3v) is 5.53. The number of urea groups is 1. The molecule has 1 aliphatic rings. The number of nitrogens with zero attached hydrogens (tertiary/aromatic N) is 2. The molecule has 1 aromatic heterocycles. The molecule has 0 spiro atoms. The van der Waals surface area contributed by atoms with Crippen molar-refractivity contribution < 1.29 is 4.79 Å². The predicted octanol–water partition coefficient (Wildman–Crippen LogP) is 2.95. The summed E-state index contributed by atoms with van der Waals surface area (Å²) < 4.78 is 2.14. The van der Waals surface area contributed by atoms with Gasteiger partial charge in [0.15, 0.2) is 0 Å². The zero-order chi connectivity index (χ0) is 15.8. The number of hydrogen-bond acceptors (Lipinski definition) is 3. The standard InChI is InChI=1S/C16H28N4OS/c1-13-17-10-12-20(13)11-6-5-9-18-16(21)19-14-7-3-4-8-15(14)22-2/h10,12,14-15H,3-9,11H2,1-2H3,(H2,18,19,21). The van der Waals surface area contributed by atoms with Gasteiger partial charge in [0.1, 0.15) is 5.82 Å². The normalized spacial score (nSPS) is 21.5. The highest BCUT2D eigenvalue weighted by atomic mass is 32.2. The molecule has 2 unspecified atom stereocenters. The summed E-state index contributed by atoms with van der Waals surface area (Å²) in [6, 6.07) is 0.321. The van der Waals surface area contributed by atoms with E-state index in [-0.39, 0.29) is 6.03 Å². The van der Waals surface area contributed by atoms with Crippen LogP contribution < -0.4 is 10.6 Å². The van der Waals surface area contributed by atoms with Gasteiger partial charge in [-0.3, -0.25) is 0 Å². The van der Waals surface area contributed by atoms with Gasteiger partial charge in [0.2, 0.25) is 0 Å². The van der Waals surface area contributed by atoms with Crippen molar-refractivity contribution in [3.05, 3.63) is 18.2 Å². The SMILES string of the molecule is CSC1CCCCC1NC(=O)NCCCCn1ccnc1C. The van der Waals surface area contributed by atoms with Crippen LogP contribution in [0.25, 0.3) is 0 Å².